The summed E-state index contributed by atoms with van der Waals surface area (Å²) in [6.45, 7) is 8.35. The number of rotatable bonds is 7. The van der Waals surface area contributed by atoms with Gasteiger partial charge in [-0.1, -0.05) is 13.8 Å². The zero-order valence-corrected chi connectivity index (χ0v) is 16.4. The lowest BCUT2D eigenvalue weighted by atomic mass is 10.0. The highest BCUT2D eigenvalue weighted by molar-refractivity contribution is 5.88. The van der Waals surface area contributed by atoms with E-state index in [1.807, 2.05) is 27.7 Å². The zero-order valence-electron chi connectivity index (χ0n) is 16.4. The predicted octanol–water partition coefficient (Wildman–Crippen LogP) is 4.83. The van der Waals surface area contributed by atoms with Crippen LogP contribution in [0, 0.1) is 5.82 Å². The predicted molar refractivity (Wildman–Crippen MR) is 102 cm³/mol. The average Bonchev–Trinajstić information content (AvgIpc) is 3.42. The Bertz CT molecular complexity index is 812. The smallest absolute Gasteiger partial charge is 0.414 e. The Hall–Kier alpha value is -2.44. The molecule has 0 spiro atoms. The Morgan fingerprint density at radius 2 is 2.04 bits per heavy atom. The summed E-state index contributed by atoms with van der Waals surface area (Å²) in [5.74, 6) is -0.0979. The van der Waals surface area contributed by atoms with Crippen molar-refractivity contribution in [2.75, 3.05) is 11.4 Å². The third-order valence-corrected chi connectivity index (χ3v) is 5.30. The lowest BCUT2D eigenvalue weighted by Crippen LogP contribution is -2.39. The highest BCUT2D eigenvalue weighted by atomic mass is 19.1. The molecule has 0 bridgehead atoms. The summed E-state index contributed by atoms with van der Waals surface area (Å²) in [6, 6.07) is 1.38. The third kappa shape index (κ3) is 4.12. The molecule has 7 heteroatoms. The topological polar surface area (TPSA) is 60.2 Å². The molecule has 0 aromatic carbocycles. The Labute approximate surface area is 159 Å². The van der Waals surface area contributed by atoms with E-state index in [1.165, 1.54) is 6.07 Å². The molecule has 1 saturated carbocycles. The van der Waals surface area contributed by atoms with Gasteiger partial charge in [-0.25, -0.2) is 13.9 Å². The van der Waals surface area contributed by atoms with Crippen LogP contribution < -0.4 is 4.90 Å². The van der Waals surface area contributed by atoms with Gasteiger partial charge < -0.3 is 4.74 Å². The largest absolute Gasteiger partial charge is 0.443 e. The summed E-state index contributed by atoms with van der Waals surface area (Å²) < 4.78 is 21.0. The number of pyridine rings is 1. The molecular formula is C20H27FN4O2. The second-order valence-corrected chi connectivity index (χ2v) is 7.25. The highest BCUT2D eigenvalue weighted by Gasteiger charge is 2.35. The lowest BCUT2D eigenvalue weighted by molar-refractivity contribution is 0.0238. The van der Waals surface area contributed by atoms with Crippen LogP contribution in [0.5, 0.6) is 0 Å². The maximum atomic E-state index is 13.6. The molecule has 2 aromatic rings. The van der Waals surface area contributed by atoms with E-state index in [9.17, 15) is 9.18 Å². The summed E-state index contributed by atoms with van der Waals surface area (Å²) in [5, 5.41) is 4.63. The molecule has 0 atom stereocenters. The molecule has 0 N–H and O–H groups in total. The van der Waals surface area contributed by atoms with Gasteiger partial charge in [-0.3, -0.25) is 9.88 Å². The zero-order chi connectivity index (χ0) is 19.6. The van der Waals surface area contributed by atoms with Gasteiger partial charge in [-0.2, -0.15) is 5.10 Å². The molecule has 0 aliphatic heterocycles. The molecule has 0 unspecified atom stereocenters. The van der Waals surface area contributed by atoms with Gasteiger partial charge in [-0.15, -0.1) is 0 Å². The van der Waals surface area contributed by atoms with Crippen molar-refractivity contribution >= 4 is 11.8 Å². The van der Waals surface area contributed by atoms with E-state index in [4.69, 9.17) is 4.74 Å². The highest BCUT2D eigenvalue weighted by Crippen LogP contribution is 2.44. The number of aromatic nitrogens is 3. The Kier molecular flexibility index (Phi) is 5.48. The van der Waals surface area contributed by atoms with E-state index in [0.717, 1.165) is 43.3 Å². The summed E-state index contributed by atoms with van der Waals surface area (Å²) >= 11 is 0. The van der Waals surface area contributed by atoms with Crippen LogP contribution in [0.1, 0.15) is 65.0 Å². The molecule has 0 radical (unpaired) electrons. The van der Waals surface area contributed by atoms with Gasteiger partial charge in [0.15, 0.2) is 0 Å². The fourth-order valence-electron chi connectivity index (χ4n) is 2.95. The van der Waals surface area contributed by atoms with E-state index in [2.05, 4.69) is 10.1 Å². The monoisotopic (exact) mass is 374 g/mol. The van der Waals surface area contributed by atoms with E-state index >= 15 is 0 Å². The minimum absolute atomic E-state index is 0.327. The van der Waals surface area contributed by atoms with E-state index in [1.54, 1.807) is 22.0 Å². The molecule has 1 aliphatic carbocycles. The molecule has 27 heavy (non-hydrogen) atoms. The maximum Gasteiger partial charge on any atom is 0.414 e. The fraction of sp³-hybridized carbons (Fsp3) is 0.550. The van der Waals surface area contributed by atoms with Crippen LogP contribution in [0.3, 0.4) is 0 Å². The van der Waals surface area contributed by atoms with Crippen molar-refractivity contribution in [3.8, 4) is 5.69 Å². The Balaban J connectivity index is 1.94. The van der Waals surface area contributed by atoms with Crippen molar-refractivity contribution in [2.45, 2.75) is 64.9 Å². The van der Waals surface area contributed by atoms with Gasteiger partial charge in [0.2, 0.25) is 0 Å². The number of anilines is 1. The molecule has 1 aliphatic rings. The molecule has 6 nitrogen and oxygen atoms in total. The van der Waals surface area contributed by atoms with Crippen molar-refractivity contribution in [1.29, 1.82) is 0 Å². The maximum absolute atomic E-state index is 13.6. The second-order valence-electron chi connectivity index (χ2n) is 7.25. The number of nitrogens with zero attached hydrogens (tertiary/aromatic N) is 4. The minimum atomic E-state index is -0.493. The number of halogens is 1. The first-order valence-corrected chi connectivity index (χ1v) is 9.61. The molecule has 3 rings (SSSR count). The van der Waals surface area contributed by atoms with Crippen LogP contribution in [0.2, 0.25) is 0 Å². The quantitative estimate of drug-likeness (QED) is 0.697. The van der Waals surface area contributed by atoms with Crippen LogP contribution >= 0.6 is 0 Å². The van der Waals surface area contributed by atoms with Crippen molar-refractivity contribution in [1.82, 2.24) is 14.8 Å². The molecule has 146 valence electrons. The van der Waals surface area contributed by atoms with E-state index in [0.29, 0.717) is 18.2 Å². The molecular weight excluding hydrogens is 347 g/mol. The fourth-order valence-corrected chi connectivity index (χ4v) is 2.95. The van der Waals surface area contributed by atoms with Crippen LogP contribution in [0.4, 0.5) is 14.9 Å². The van der Waals surface area contributed by atoms with E-state index < -0.39 is 11.4 Å². The first-order valence-electron chi connectivity index (χ1n) is 9.61. The van der Waals surface area contributed by atoms with Crippen LogP contribution in [0.25, 0.3) is 5.69 Å². The standard InChI is InChI=1S/C20H27FN4O2/c1-5-20(4,6-2)27-19(26)24(7-3)17-13-25(23-18(17)14-8-9-14)16-10-15(21)11-22-12-16/h10-14H,5-9H2,1-4H3. The molecule has 1 fully saturated rings. The Morgan fingerprint density at radius 1 is 1.33 bits per heavy atom. The summed E-state index contributed by atoms with van der Waals surface area (Å²) in [4.78, 5) is 18.4. The second kappa shape index (κ2) is 7.66. The van der Waals surface area contributed by atoms with Gasteiger partial charge in [0.1, 0.15) is 11.4 Å². The first kappa shape index (κ1) is 19.3. The van der Waals surface area contributed by atoms with Crippen molar-refractivity contribution < 1.29 is 13.9 Å². The van der Waals surface area contributed by atoms with Crippen LogP contribution in [0.15, 0.2) is 24.7 Å². The molecule has 2 heterocycles. The summed E-state index contributed by atoms with van der Waals surface area (Å²) in [6.07, 6.45) is 7.68. The number of hydrogen-bond acceptors (Lipinski definition) is 4. The Morgan fingerprint density at radius 3 is 2.59 bits per heavy atom. The number of hydrogen-bond donors (Lipinski definition) is 0. The molecule has 2 aromatic heterocycles. The van der Waals surface area contributed by atoms with Gasteiger partial charge in [-0.05, 0) is 39.5 Å². The van der Waals surface area contributed by atoms with E-state index in [-0.39, 0.29) is 6.09 Å². The number of carbonyl (C=O) groups excluding carboxylic acids is 1. The molecule has 1 amide bonds. The average molecular weight is 374 g/mol. The van der Waals surface area contributed by atoms with Crippen molar-refractivity contribution in [2.24, 2.45) is 0 Å². The van der Waals surface area contributed by atoms with Crippen molar-refractivity contribution in [3.63, 3.8) is 0 Å². The van der Waals surface area contributed by atoms with Crippen molar-refractivity contribution in [3.05, 3.63) is 36.2 Å². The normalized spacial score (nSPS) is 14.3. The summed E-state index contributed by atoms with van der Waals surface area (Å²) in [7, 11) is 0. The molecule has 0 saturated heterocycles. The number of ether oxygens (including phenoxy) is 1. The third-order valence-electron chi connectivity index (χ3n) is 5.30. The van der Waals surface area contributed by atoms with Gasteiger partial charge >= 0.3 is 6.09 Å². The van der Waals surface area contributed by atoms with Gasteiger partial charge in [0.25, 0.3) is 0 Å². The number of carbonyl (C=O) groups is 1. The SMILES string of the molecule is CCN(C(=O)OC(C)(CC)CC)c1cn(-c2cncc(F)c2)nc1C1CC1. The minimum Gasteiger partial charge on any atom is -0.443 e. The number of amides is 1. The van der Waals surface area contributed by atoms with Crippen LogP contribution in [-0.4, -0.2) is 33.0 Å². The summed E-state index contributed by atoms with van der Waals surface area (Å²) in [5.41, 5.74) is 1.61. The van der Waals surface area contributed by atoms with Gasteiger partial charge in [0, 0.05) is 18.5 Å². The lowest BCUT2D eigenvalue weighted by Gasteiger charge is -2.30. The first-order chi connectivity index (χ1) is 12.9. The van der Waals surface area contributed by atoms with Crippen LogP contribution in [-0.2, 0) is 4.74 Å². The van der Waals surface area contributed by atoms with Gasteiger partial charge in [0.05, 0.1) is 35.7 Å².